The lowest BCUT2D eigenvalue weighted by molar-refractivity contribution is -0.161. The highest BCUT2D eigenvalue weighted by Gasteiger charge is 2.62. The maximum absolute atomic E-state index is 13.5. The van der Waals surface area contributed by atoms with Crippen LogP contribution in [0.25, 0.3) is 0 Å². The summed E-state index contributed by atoms with van der Waals surface area (Å²) in [7, 11) is 1.65. The molecule has 1 aromatic carbocycles. The molecule has 4 aliphatic rings. The monoisotopic (exact) mass is 452 g/mol. The van der Waals surface area contributed by atoms with Gasteiger partial charge in [0, 0.05) is 24.9 Å². The summed E-state index contributed by atoms with van der Waals surface area (Å²) in [5.41, 5.74) is 1.06. The number of carbonyl (C=O) groups excluding carboxylic acids is 2. The number of nitrogens with one attached hydrogen (secondary N) is 1. The van der Waals surface area contributed by atoms with Crippen molar-refractivity contribution >= 4 is 17.5 Å². The number of para-hydroxylation sites is 2. The second-order valence-corrected chi connectivity index (χ2v) is 11.5. The second kappa shape index (κ2) is 8.32. The van der Waals surface area contributed by atoms with E-state index in [0.29, 0.717) is 41.9 Å². The number of nitrogens with zero attached hydrogens (tertiary/aromatic N) is 1. The minimum Gasteiger partial charge on any atom is -0.495 e. The Morgan fingerprint density at radius 3 is 2.58 bits per heavy atom. The largest absolute Gasteiger partial charge is 0.495 e. The lowest BCUT2D eigenvalue weighted by Crippen LogP contribution is -2.62. The molecule has 5 rings (SSSR count). The topological polar surface area (TPSA) is 58.6 Å². The third-order valence-electron chi connectivity index (χ3n) is 10.4. The van der Waals surface area contributed by atoms with Gasteiger partial charge in [0.1, 0.15) is 5.75 Å². The molecule has 3 aliphatic carbocycles. The lowest BCUT2D eigenvalue weighted by atomic mass is 9.47. The number of hydrogen-bond acceptors (Lipinski definition) is 3. The van der Waals surface area contributed by atoms with Crippen molar-refractivity contribution in [1.82, 2.24) is 4.90 Å². The fraction of sp³-hybridized carbons (Fsp3) is 0.714. The van der Waals surface area contributed by atoms with Gasteiger partial charge in [-0.3, -0.25) is 9.59 Å². The van der Waals surface area contributed by atoms with Gasteiger partial charge in [0.2, 0.25) is 11.8 Å². The Hall–Kier alpha value is -2.04. The zero-order valence-corrected chi connectivity index (χ0v) is 20.7. The van der Waals surface area contributed by atoms with E-state index in [1.807, 2.05) is 24.3 Å². The molecular weight excluding hydrogens is 412 g/mol. The molecule has 4 fully saturated rings. The normalized spacial score (nSPS) is 39.9. The first-order chi connectivity index (χ1) is 15.8. The van der Waals surface area contributed by atoms with Crippen LogP contribution in [-0.2, 0) is 9.59 Å². The van der Waals surface area contributed by atoms with Crippen LogP contribution in [0.15, 0.2) is 24.3 Å². The number of likely N-dealkylation sites (tertiary alicyclic amines) is 1. The van der Waals surface area contributed by atoms with E-state index >= 15 is 0 Å². The first kappa shape index (κ1) is 22.7. The third kappa shape index (κ3) is 3.40. The van der Waals surface area contributed by atoms with Gasteiger partial charge in [0.05, 0.1) is 12.8 Å². The van der Waals surface area contributed by atoms with Gasteiger partial charge in [-0.25, -0.2) is 0 Å². The fourth-order valence-corrected chi connectivity index (χ4v) is 8.79. The van der Waals surface area contributed by atoms with Crippen molar-refractivity contribution in [2.75, 3.05) is 19.0 Å². The highest BCUT2D eigenvalue weighted by molar-refractivity contribution is 5.94. The molecule has 5 nitrogen and oxygen atoms in total. The predicted octanol–water partition coefficient (Wildman–Crippen LogP) is 5.50. The molecule has 1 aromatic rings. The summed E-state index contributed by atoms with van der Waals surface area (Å²) in [6.45, 7) is 7.84. The van der Waals surface area contributed by atoms with Crippen LogP contribution in [0.3, 0.4) is 0 Å². The number of benzene rings is 1. The summed E-state index contributed by atoms with van der Waals surface area (Å²) in [4.78, 5) is 28.3. The zero-order valence-electron chi connectivity index (χ0n) is 20.7. The summed E-state index contributed by atoms with van der Waals surface area (Å²) < 4.78 is 5.46. The summed E-state index contributed by atoms with van der Waals surface area (Å²) in [6, 6.07) is 8.09. The average molecular weight is 453 g/mol. The average Bonchev–Trinajstić information content (AvgIpc) is 3.17. The minimum atomic E-state index is 0.0546. The molecule has 1 N–H and O–H groups in total. The molecule has 0 aromatic heterocycles. The first-order valence-electron chi connectivity index (χ1n) is 13.1. The lowest BCUT2D eigenvalue weighted by Gasteiger charge is -2.62. The van der Waals surface area contributed by atoms with Gasteiger partial charge in [-0.15, -0.1) is 0 Å². The van der Waals surface area contributed by atoms with Crippen molar-refractivity contribution in [3.63, 3.8) is 0 Å². The van der Waals surface area contributed by atoms with Gasteiger partial charge >= 0.3 is 0 Å². The van der Waals surface area contributed by atoms with Crippen LogP contribution < -0.4 is 10.1 Å². The number of hydrogen-bond donors (Lipinski definition) is 1. The van der Waals surface area contributed by atoms with E-state index in [-0.39, 0.29) is 22.7 Å². The number of amides is 2. The third-order valence-corrected chi connectivity index (χ3v) is 10.4. The number of fused-ring (bicyclic) bond motifs is 5. The van der Waals surface area contributed by atoms with E-state index in [0.717, 1.165) is 44.3 Å². The van der Waals surface area contributed by atoms with Crippen LogP contribution in [0, 0.1) is 34.5 Å². The van der Waals surface area contributed by atoms with Crippen LogP contribution in [0.5, 0.6) is 5.75 Å². The summed E-state index contributed by atoms with van der Waals surface area (Å²) in [6.07, 6.45) is 8.51. The van der Waals surface area contributed by atoms with Crippen molar-refractivity contribution < 1.29 is 14.3 Å². The van der Waals surface area contributed by atoms with Crippen LogP contribution in [-0.4, -0.2) is 36.4 Å². The smallest absolute Gasteiger partial charge is 0.228 e. The number of carbonyl (C=O) groups is 2. The Labute approximate surface area is 198 Å². The Balaban J connectivity index is 1.36. The Morgan fingerprint density at radius 1 is 1.06 bits per heavy atom. The van der Waals surface area contributed by atoms with E-state index in [1.165, 1.54) is 12.8 Å². The Morgan fingerprint density at radius 2 is 1.82 bits per heavy atom. The Kier molecular flexibility index (Phi) is 5.73. The van der Waals surface area contributed by atoms with E-state index in [2.05, 4.69) is 31.0 Å². The highest BCUT2D eigenvalue weighted by atomic mass is 16.5. The van der Waals surface area contributed by atoms with E-state index in [1.54, 1.807) is 7.11 Å². The van der Waals surface area contributed by atoms with Crippen LogP contribution in [0.2, 0.25) is 0 Å². The molecule has 3 unspecified atom stereocenters. The number of ether oxygens (including phenoxy) is 1. The molecule has 1 heterocycles. The van der Waals surface area contributed by atoms with Gasteiger partial charge in [-0.1, -0.05) is 26.0 Å². The van der Waals surface area contributed by atoms with Gasteiger partial charge in [-0.05, 0) is 92.6 Å². The molecule has 180 valence electrons. The van der Waals surface area contributed by atoms with Crippen molar-refractivity contribution in [1.29, 1.82) is 0 Å². The van der Waals surface area contributed by atoms with Gasteiger partial charge in [0.15, 0.2) is 0 Å². The maximum atomic E-state index is 13.5. The van der Waals surface area contributed by atoms with Crippen LogP contribution in [0.1, 0.15) is 72.1 Å². The minimum absolute atomic E-state index is 0.0546. The molecule has 0 radical (unpaired) electrons. The van der Waals surface area contributed by atoms with Crippen molar-refractivity contribution in [2.24, 2.45) is 34.5 Å². The standard InChI is InChI=1S/C28H40N2O3/c1-5-30-24-13-10-18-19-11-12-21(26(32)29-22-8-6-7-9-23(22)33-4)27(19,2)16-14-20(18)28(24,3)17-15-25(30)31/h6-9,18-21,24H,5,10-17H2,1-4H3,(H,29,32)/t18?,19?,20?,21-,24-,27+,28-/m1/s1. The number of rotatable bonds is 4. The quantitative estimate of drug-likeness (QED) is 0.656. The summed E-state index contributed by atoms with van der Waals surface area (Å²) in [5, 5.41) is 3.20. The molecule has 0 spiro atoms. The SMILES string of the molecule is CCN1C(=O)CC[C@]2(C)C3CC[C@@]4(C)C(CC[C@@H]4C(=O)Nc4ccccc4OC)C3CC[C@@H]12. The Bertz CT molecular complexity index is 931. The van der Waals surface area contributed by atoms with Gasteiger partial charge in [0.25, 0.3) is 0 Å². The molecule has 33 heavy (non-hydrogen) atoms. The number of methoxy groups -OCH3 is 1. The first-order valence-corrected chi connectivity index (χ1v) is 13.1. The summed E-state index contributed by atoms with van der Waals surface area (Å²) >= 11 is 0. The number of anilines is 1. The van der Waals surface area contributed by atoms with Crippen molar-refractivity contribution in [3.05, 3.63) is 24.3 Å². The van der Waals surface area contributed by atoms with Crippen molar-refractivity contribution in [3.8, 4) is 5.75 Å². The van der Waals surface area contributed by atoms with E-state index in [4.69, 9.17) is 4.74 Å². The molecule has 2 amide bonds. The fourth-order valence-electron chi connectivity index (χ4n) is 8.79. The molecule has 7 atom stereocenters. The maximum Gasteiger partial charge on any atom is 0.228 e. The molecule has 5 heteroatoms. The highest BCUT2D eigenvalue weighted by Crippen LogP contribution is 2.66. The second-order valence-electron chi connectivity index (χ2n) is 11.5. The molecule has 1 saturated heterocycles. The van der Waals surface area contributed by atoms with E-state index in [9.17, 15) is 9.59 Å². The van der Waals surface area contributed by atoms with Crippen LogP contribution in [0.4, 0.5) is 5.69 Å². The van der Waals surface area contributed by atoms with Gasteiger partial charge in [-0.2, -0.15) is 0 Å². The molecular formula is C28H40N2O3. The molecule has 0 bridgehead atoms. The summed E-state index contributed by atoms with van der Waals surface area (Å²) in [5.74, 6) is 3.24. The molecule has 3 saturated carbocycles. The zero-order chi connectivity index (χ0) is 23.4. The van der Waals surface area contributed by atoms with E-state index < -0.39 is 0 Å². The number of piperidine rings is 1. The van der Waals surface area contributed by atoms with Crippen LogP contribution >= 0.6 is 0 Å². The molecule has 1 aliphatic heterocycles. The van der Waals surface area contributed by atoms with Crippen molar-refractivity contribution in [2.45, 2.75) is 78.2 Å². The van der Waals surface area contributed by atoms with Gasteiger partial charge < -0.3 is 15.0 Å². The predicted molar refractivity (Wildman–Crippen MR) is 130 cm³/mol.